The Labute approximate surface area is 241 Å². The van der Waals surface area contributed by atoms with Gasteiger partial charge in [0.05, 0.1) is 30.7 Å². The van der Waals surface area contributed by atoms with Crippen molar-refractivity contribution in [1.82, 2.24) is 10.6 Å². The highest BCUT2D eigenvalue weighted by molar-refractivity contribution is 5.72. The molecule has 9 nitrogen and oxygen atoms in total. The Morgan fingerprint density at radius 3 is 2.17 bits per heavy atom. The van der Waals surface area contributed by atoms with Crippen LogP contribution < -0.4 is 10.6 Å². The minimum absolute atomic E-state index is 0.0156. The van der Waals surface area contributed by atoms with Crippen molar-refractivity contribution in [1.29, 1.82) is 0 Å². The highest BCUT2D eigenvalue weighted by atomic mass is 16.5. The highest BCUT2D eigenvalue weighted by Crippen LogP contribution is 2.44. The van der Waals surface area contributed by atoms with Crippen LogP contribution in [0.15, 0.2) is 23.8 Å². The Morgan fingerprint density at radius 1 is 1.05 bits per heavy atom. The van der Waals surface area contributed by atoms with E-state index >= 15 is 0 Å². The molecule has 0 aromatic heterocycles. The fourth-order valence-corrected chi connectivity index (χ4v) is 5.24. The number of ether oxygens (including phenoxy) is 1. The van der Waals surface area contributed by atoms with Gasteiger partial charge in [-0.15, -0.1) is 0 Å². The standard InChI is InChI=1S/C23H36O7.C8H20N2/c1-4-13(2)23(29)30-20-11-17(25)9-15-6-5-14(3)19(22(15)20)8-7-16(24)10-18(26)12-21(27)28;1-7(2)9-5-6-10-8(3)4/h5-6,9,13-14,16-20,22,24-26H,4,7-8,10-12H2,1-3H3,(H,27,28);7-10H,5-6H2,1-4H3/t13-,14-,16+,17+,18+,19-,20-,22-;/m0./s1. The minimum Gasteiger partial charge on any atom is -0.481 e. The van der Waals surface area contributed by atoms with Crippen LogP contribution in [0.2, 0.25) is 0 Å². The maximum Gasteiger partial charge on any atom is 0.308 e. The maximum atomic E-state index is 12.4. The van der Waals surface area contributed by atoms with Gasteiger partial charge in [-0.2, -0.15) is 0 Å². The third kappa shape index (κ3) is 13.7. The summed E-state index contributed by atoms with van der Waals surface area (Å²) in [5.74, 6) is -1.31. The molecule has 8 atom stereocenters. The molecular weight excluding hydrogens is 512 g/mol. The zero-order valence-corrected chi connectivity index (χ0v) is 25.7. The van der Waals surface area contributed by atoms with Gasteiger partial charge in [0.25, 0.3) is 0 Å². The van der Waals surface area contributed by atoms with E-state index in [-0.39, 0.29) is 42.5 Å². The summed E-state index contributed by atoms with van der Waals surface area (Å²) in [5, 5.41) is 45.7. The predicted molar refractivity (Wildman–Crippen MR) is 158 cm³/mol. The Balaban J connectivity index is 0.000000680. The van der Waals surface area contributed by atoms with E-state index in [1.165, 1.54) is 0 Å². The van der Waals surface area contributed by atoms with E-state index in [1.807, 2.05) is 26.0 Å². The number of carbonyl (C=O) groups is 2. The third-order valence-electron chi connectivity index (χ3n) is 7.67. The van der Waals surface area contributed by atoms with Crippen molar-refractivity contribution in [3.05, 3.63) is 23.8 Å². The average Bonchev–Trinajstić information content (AvgIpc) is 2.85. The molecule has 0 bridgehead atoms. The van der Waals surface area contributed by atoms with Crippen LogP contribution in [-0.4, -0.2) is 82.0 Å². The lowest BCUT2D eigenvalue weighted by Gasteiger charge is -2.43. The Kier molecular flexibility index (Phi) is 16.9. The molecule has 0 spiro atoms. The van der Waals surface area contributed by atoms with Gasteiger partial charge in [-0.25, -0.2) is 0 Å². The van der Waals surface area contributed by atoms with Crippen molar-refractivity contribution in [3.8, 4) is 0 Å². The molecule has 2 aliphatic rings. The molecule has 232 valence electrons. The van der Waals surface area contributed by atoms with E-state index in [2.05, 4.69) is 51.3 Å². The van der Waals surface area contributed by atoms with Gasteiger partial charge < -0.3 is 35.8 Å². The third-order valence-corrected chi connectivity index (χ3v) is 7.67. The van der Waals surface area contributed by atoms with Crippen molar-refractivity contribution in [2.45, 2.75) is 123 Å². The molecule has 0 aromatic rings. The van der Waals surface area contributed by atoms with Gasteiger partial charge in [0, 0.05) is 37.5 Å². The van der Waals surface area contributed by atoms with Crippen molar-refractivity contribution in [3.63, 3.8) is 0 Å². The first-order valence-electron chi connectivity index (χ1n) is 15.1. The largest absolute Gasteiger partial charge is 0.481 e. The van der Waals surface area contributed by atoms with Crippen LogP contribution in [0.3, 0.4) is 0 Å². The first kappa shape index (κ1) is 36.2. The van der Waals surface area contributed by atoms with Crippen LogP contribution in [0.5, 0.6) is 0 Å². The molecule has 0 radical (unpaired) electrons. The van der Waals surface area contributed by atoms with Crippen molar-refractivity contribution >= 4 is 11.9 Å². The Hall–Kier alpha value is -1.78. The molecule has 0 aliphatic heterocycles. The Bertz CT molecular complexity index is 804. The van der Waals surface area contributed by atoms with Crippen LogP contribution in [0.4, 0.5) is 0 Å². The molecule has 2 rings (SSSR count). The summed E-state index contributed by atoms with van der Waals surface area (Å²) in [6.07, 6.45) is 4.64. The average molecular weight is 569 g/mol. The SMILES string of the molecule is CC(C)NCCNC(C)C.CC[C@H](C)C(=O)O[C@H]1C[C@H](O)C=C2C=C[C@H](C)[C@H](CC[C@@H](O)C[C@@H](O)CC(=O)O)[C@H]21. The number of aliphatic carboxylic acids is 1. The summed E-state index contributed by atoms with van der Waals surface area (Å²) in [6, 6.07) is 1.21. The molecule has 0 saturated carbocycles. The van der Waals surface area contributed by atoms with Crippen LogP contribution >= 0.6 is 0 Å². The fraction of sp³-hybridized carbons (Fsp3) is 0.806. The van der Waals surface area contributed by atoms with Crippen LogP contribution in [0, 0.1) is 23.7 Å². The van der Waals surface area contributed by atoms with Crippen molar-refractivity contribution in [2.75, 3.05) is 13.1 Å². The lowest BCUT2D eigenvalue weighted by molar-refractivity contribution is -0.159. The molecule has 2 aliphatic carbocycles. The zero-order chi connectivity index (χ0) is 30.4. The number of hydrogen-bond acceptors (Lipinski definition) is 8. The Morgan fingerprint density at radius 2 is 1.65 bits per heavy atom. The lowest BCUT2D eigenvalue weighted by Crippen LogP contribution is -2.43. The van der Waals surface area contributed by atoms with E-state index in [1.54, 1.807) is 0 Å². The van der Waals surface area contributed by atoms with Crippen LogP contribution in [0.1, 0.15) is 87.0 Å². The van der Waals surface area contributed by atoms with Crippen LogP contribution in [-0.2, 0) is 14.3 Å². The number of aliphatic hydroxyl groups is 3. The number of carboxylic acids is 1. The van der Waals surface area contributed by atoms with E-state index < -0.39 is 30.4 Å². The number of aliphatic hydroxyl groups excluding tert-OH is 3. The molecule has 0 fully saturated rings. The van der Waals surface area contributed by atoms with Gasteiger partial charge in [-0.3, -0.25) is 9.59 Å². The molecule has 40 heavy (non-hydrogen) atoms. The maximum absolute atomic E-state index is 12.4. The summed E-state index contributed by atoms with van der Waals surface area (Å²) in [5.41, 5.74) is 0.958. The van der Waals surface area contributed by atoms with Gasteiger partial charge in [-0.1, -0.05) is 66.7 Å². The smallest absolute Gasteiger partial charge is 0.308 e. The number of hydrogen-bond donors (Lipinski definition) is 6. The second kappa shape index (κ2) is 18.6. The number of carboxylic acid groups (broad SMARTS) is 1. The topological polar surface area (TPSA) is 148 Å². The van der Waals surface area contributed by atoms with Gasteiger partial charge in [-0.05, 0) is 43.1 Å². The van der Waals surface area contributed by atoms with Gasteiger partial charge in [0.15, 0.2) is 0 Å². The quantitative estimate of drug-likeness (QED) is 0.129. The summed E-state index contributed by atoms with van der Waals surface area (Å²) < 4.78 is 5.84. The monoisotopic (exact) mass is 568 g/mol. The van der Waals surface area contributed by atoms with Crippen LogP contribution in [0.25, 0.3) is 0 Å². The normalized spacial score (nSPS) is 26.3. The number of rotatable bonds is 15. The van der Waals surface area contributed by atoms with Gasteiger partial charge in [0.2, 0.25) is 0 Å². The fourth-order valence-electron chi connectivity index (χ4n) is 5.24. The van der Waals surface area contributed by atoms with E-state index in [4.69, 9.17) is 9.84 Å². The van der Waals surface area contributed by atoms with Gasteiger partial charge >= 0.3 is 11.9 Å². The lowest BCUT2D eigenvalue weighted by atomic mass is 9.66. The van der Waals surface area contributed by atoms with Crippen molar-refractivity contribution < 1.29 is 34.8 Å². The number of esters is 1. The van der Waals surface area contributed by atoms with E-state index in [9.17, 15) is 24.9 Å². The molecule has 0 heterocycles. The second-order valence-electron chi connectivity index (χ2n) is 12.1. The predicted octanol–water partition coefficient (Wildman–Crippen LogP) is 3.42. The molecule has 0 amide bonds. The number of nitrogens with one attached hydrogen (secondary N) is 2. The summed E-state index contributed by atoms with van der Waals surface area (Å²) >= 11 is 0. The molecule has 0 saturated heterocycles. The first-order valence-corrected chi connectivity index (χ1v) is 15.1. The highest BCUT2D eigenvalue weighted by Gasteiger charge is 2.42. The number of carbonyl (C=O) groups excluding carboxylic acids is 1. The van der Waals surface area contributed by atoms with Gasteiger partial charge in [0.1, 0.15) is 6.10 Å². The summed E-state index contributed by atoms with van der Waals surface area (Å²) in [6.45, 7) is 16.6. The molecular formula is C31H56N2O7. The number of allylic oxidation sites excluding steroid dienone is 2. The van der Waals surface area contributed by atoms with E-state index in [0.717, 1.165) is 18.7 Å². The minimum atomic E-state index is -1.10. The van der Waals surface area contributed by atoms with E-state index in [0.29, 0.717) is 37.8 Å². The molecule has 9 heteroatoms. The second-order valence-corrected chi connectivity index (χ2v) is 12.1. The first-order chi connectivity index (χ1) is 18.7. The number of fused-ring (bicyclic) bond motifs is 1. The molecule has 0 unspecified atom stereocenters. The summed E-state index contributed by atoms with van der Waals surface area (Å²) in [4.78, 5) is 23.1. The summed E-state index contributed by atoms with van der Waals surface area (Å²) in [7, 11) is 0. The zero-order valence-electron chi connectivity index (χ0n) is 25.7. The van der Waals surface area contributed by atoms with Crippen molar-refractivity contribution in [2.24, 2.45) is 23.7 Å². The molecule has 0 aromatic carbocycles. The molecule has 6 N–H and O–H groups in total.